The second-order valence-electron chi connectivity index (χ2n) is 7.48. The van der Waals surface area contributed by atoms with Crippen LogP contribution in [-0.4, -0.2) is 60.3 Å². The Morgan fingerprint density at radius 1 is 1.12 bits per heavy atom. The number of benzene rings is 2. The van der Waals surface area contributed by atoms with Crippen LogP contribution in [0.25, 0.3) is 22.6 Å². The summed E-state index contributed by atoms with van der Waals surface area (Å²) in [6, 6.07) is 12.2. The Labute approximate surface area is 216 Å². The summed E-state index contributed by atoms with van der Waals surface area (Å²) in [6.07, 6.45) is 0. The quantitative estimate of drug-likeness (QED) is 0.363. The van der Waals surface area contributed by atoms with Gasteiger partial charge < -0.3 is 19.3 Å². The van der Waals surface area contributed by atoms with Crippen LogP contribution in [0.15, 0.2) is 47.0 Å². The summed E-state index contributed by atoms with van der Waals surface area (Å²) in [7, 11) is 0. The van der Waals surface area contributed by atoms with Crippen molar-refractivity contribution in [2.75, 3.05) is 44.8 Å². The highest BCUT2D eigenvalue weighted by atomic mass is 35.5. The predicted molar refractivity (Wildman–Crippen MR) is 134 cm³/mol. The maximum atomic E-state index is 12.2. The van der Waals surface area contributed by atoms with Crippen LogP contribution in [0.1, 0.15) is 0 Å². The molecule has 0 radical (unpaired) electrons. The summed E-state index contributed by atoms with van der Waals surface area (Å²) in [5.74, 6) is 0.363. The summed E-state index contributed by atoms with van der Waals surface area (Å²) in [5.41, 5.74) is 2.12. The van der Waals surface area contributed by atoms with Gasteiger partial charge >= 0.3 is 0 Å². The molecule has 1 N–H and O–H groups in total. The second-order valence-corrected chi connectivity index (χ2v) is 9.39. The number of morpholine rings is 1. The van der Waals surface area contributed by atoms with Crippen LogP contribution in [0.5, 0.6) is 5.75 Å². The molecule has 0 atom stereocenters. The highest BCUT2D eigenvalue weighted by Crippen LogP contribution is 2.37. The molecule has 2 aromatic carbocycles. The maximum Gasteiger partial charge on any atom is 0.257 e. The number of amides is 1. The third kappa shape index (κ3) is 6.16. The Morgan fingerprint density at radius 3 is 2.56 bits per heavy atom. The molecule has 4 rings (SSSR count). The fourth-order valence-electron chi connectivity index (χ4n) is 3.48. The van der Waals surface area contributed by atoms with E-state index in [4.69, 9.17) is 60.4 Å². The van der Waals surface area contributed by atoms with E-state index in [9.17, 15) is 4.79 Å². The van der Waals surface area contributed by atoms with E-state index in [1.807, 2.05) is 0 Å². The maximum absolute atomic E-state index is 12.2. The molecule has 0 saturated carbocycles. The Bertz CT molecular complexity index is 1130. The van der Waals surface area contributed by atoms with Crippen LogP contribution in [0.4, 0.5) is 5.69 Å². The topological polar surface area (TPSA) is 76.8 Å². The highest BCUT2D eigenvalue weighted by molar-refractivity contribution is 6.54. The van der Waals surface area contributed by atoms with Crippen LogP contribution < -0.4 is 10.1 Å². The van der Waals surface area contributed by atoms with Crippen molar-refractivity contribution >= 4 is 58.0 Å². The number of alkyl halides is 2. The molecule has 1 aromatic heterocycles. The largest absolute Gasteiger partial charge is 0.490 e. The van der Waals surface area contributed by atoms with E-state index >= 15 is 0 Å². The molecule has 0 spiro atoms. The van der Waals surface area contributed by atoms with Gasteiger partial charge in [-0.25, -0.2) is 0 Å². The monoisotopic (exact) mass is 543 g/mol. The summed E-state index contributed by atoms with van der Waals surface area (Å²) in [5, 5.41) is 7.72. The standard InChI is InChI=1S/C23H21Cl4N3O4/c24-15-2-1-3-16(25)21(15)18-13-20(34-29-18)14-4-5-19(17(12-14)28-23(31)22(26)27)33-11-8-30-6-9-32-10-7-30/h1-5,12-13,22H,6-11H2,(H,28,31). The molecule has 11 heteroatoms. The van der Waals surface area contributed by atoms with Crippen molar-refractivity contribution in [2.24, 2.45) is 0 Å². The molecule has 1 aliphatic heterocycles. The minimum absolute atomic E-state index is 0.407. The smallest absolute Gasteiger partial charge is 0.257 e. The van der Waals surface area contributed by atoms with Crippen molar-refractivity contribution in [3.8, 4) is 28.3 Å². The van der Waals surface area contributed by atoms with Crippen molar-refractivity contribution < 1.29 is 18.8 Å². The molecule has 0 bridgehead atoms. The van der Waals surface area contributed by atoms with Gasteiger partial charge in [-0.15, -0.1) is 0 Å². The van der Waals surface area contributed by atoms with Crippen LogP contribution in [0.2, 0.25) is 10.0 Å². The number of anilines is 1. The first-order valence-electron chi connectivity index (χ1n) is 10.5. The molecule has 34 heavy (non-hydrogen) atoms. The molecule has 0 unspecified atom stereocenters. The first-order chi connectivity index (χ1) is 16.4. The van der Waals surface area contributed by atoms with Gasteiger partial charge in [0.2, 0.25) is 0 Å². The van der Waals surface area contributed by atoms with E-state index in [1.54, 1.807) is 42.5 Å². The lowest BCUT2D eigenvalue weighted by molar-refractivity contribution is -0.114. The van der Waals surface area contributed by atoms with Gasteiger partial charge in [0, 0.05) is 36.8 Å². The number of hydrogen-bond donors (Lipinski definition) is 1. The van der Waals surface area contributed by atoms with Crippen molar-refractivity contribution in [1.82, 2.24) is 10.1 Å². The zero-order valence-electron chi connectivity index (χ0n) is 17.9. The van der Waals surface area contributed by atoms with E-state index in [0.29, 0.717) is 63.9 Å². The Morgan fingerprint density at radius 2 is 1.85 bits per heavy atom. The minimum atomic E-state index is -1.23. The van der Waals surface area contributed by atoms with Crippen LogP contribution >= 0.6 is 46.4 Å². The van der Waals surface area contributed by atoms with Crippen LogP contribution in [-0.2, 0) is 9.53 Å². The number of carbonyl (C=O) groups excluding carboxylic acids is 1. The average Bonchev–Trinajstić information content (AvgIpc) is 3.30. The Balaban J connectivity index is 1.56. The molecule has 1 saturated heterocycles. The van der Waals surface area contributed by atoms with Gasteiger partial charge in [0.05, 0.1) is 28.9 Å². The molecule has 2 heterocycles. The first-order valence-corrected chi connectivity index (χ1v) is 12.1. The molecular formula is C23H21Cl4N3O4. The first kappa shape index (κ1) is 25.1. The van der Waals surface area contributed by atoms with Crippen molar-refractivity contribution in [3.05, 3.63) is 52.5 Å². The third-order valence-electron chi connectivity index (χ3n) is 5.22. The minimum Gasteiger partial charge on any atom is -0.490 e. The molecule has 0 aliphatic carbocycles. The van der Waals surface area contributed by atoms with Gasteiger partial charge in [-0.2, -0.15) is 0 Å². The molecule has 3 aromatic rings. The van der Waals surface area contributed by atoms with Gasteiger partial charge in [0.25, 0.3) is 5.91 Å². The van der Waals surface area contributed by atoms with Gasteiger partial charge in [0.15, 0.2) is 10.6 Å². The number of hydrogen-bond acceptors (Lipinski definition) is 6. The lowest BCUT2D eigenvalue weighted by Gasteiger charge is -2.26. The van der Waals surface area contributed by atoms with E-state index < -0.39 is 10.7 Å². The zero-order chi connectivity index (χ0) is 24.1. The van der Waals surface area contributed by atoms with Gasteiger partial charge in [0.1, 0.15) is 18.1 Å². The second kappa shape index (κ2) is 11.6. The van der Waals surface area contributed by atoms with E-state index in [0.717, 1.165) is 19.6 Å². The van der Waals surface area contributed by atoms with Crippen LogP contribution in [0.3, 0.4) is 0 Å². The highest BCUT2D eigenvalue weighted by Gasteiger charge is 2.19. The predicted octanol–water partition coefficient (Wildman–Crippen LogP) is 5.77. The van der Waals surface area contributed by atoms with Gasteiger partial charge in [-0.3, -0.25) is 9.69 Å². The molecule has 7 nitrogen and oxygen atoms in total. The fourth-order valence-corrected chi connectivity index (χ4v) is 4.18. The summed E-state index contributed by atoms with van der Waals surface area (Å²) < 4.78 is 16.8. The summed E-state index contributed by atoms with van der Waals surface area (Å²) in [4.78, 5) is 13.2. The van der Waals surface area contributed by atoms with E-state index in [2.05, 4.69) is 15.4 Å². The van der Waals surface area contributed by atoms with Crippen molar-refractivity contribution in [2.45, 2.75) is 4.84 Å². The third-order valence-corrected chi connectivity index (χ3v) is 6.24. The van der Waals surface area contributed by atoms with E-state index in [-0.39, 0.29) is 0 Å². The number of ether oxygens (including phenoxy) is 2. The number of nitrogens with one attached hydrogen (secondary N) is 1. The Kier molecular flexibility index (Phi) is 8.58. The molecule has 180 valence electrons. The summed E-state index contributed by atoms with van der Waals surface area (Å²) in [6.45, 7) is 4.30. The number of nitrogens with zero attached hydrogens (tertiary/aromatic N) is 2. The van der Waals surface area contributed by atoms with Gasteiger partial charge in [-0.05, 0) is 30.3 Å². The number of carbonyl (C=O) groups is 1. The lowest BCUT2D eigenvalue weighted by atomic mass is 10.1. The zero-order valence-corrected chi connectivity index (χ0v) is 20.9. The lowest BCUT2D eigenvalue weighted by Crippen LogP contribution is -2.38. The normalized spacial score (nSPS) is 14.4. The molecule has 1 fully saturated rings. The summed E-state index contributed by atoms with van der Waals surface area (Å²) >= 11 is 24.1. The van der Waals surface area contributed by atoms with Gasteiger partial charge in [-0.1, -0.05) is 57.6 Å². The number of aromatic nitrogens is 1. The average molecular weight is 545 g/mol. The number of rotatable bonds is 8. The van der Waals surface area contributed by atoms with Crippen molar-refractivity contribution in [1.29, 1.82) is 0 Å². The fraction of sp³-hybridized carbons (Fsp3) is 0.304. The molecular weight excluding hydrogens is 524 g/mol. The van der Waals surface area contributed by atoms with Crippen molar-refractivity contribution in [3.63, 3.8) is 0 Å². The van der Waals surface area contributed by atoms with E-state index in [1.165, 1.54) is 0 Å². The number of halogens is 4. The molecule has 1 amide bonds. The van der Waals surface area contributed by atoms with Crippen LogP contribution in [0, 0.1) is 0 Å². The Hall–Kier alpha value is -2.00. The SMILES string of the molecule is O=C(Nc1cc(-c2cc(-c3c(Cl)cccc3Cl)no2)ccc1OCCN1CCOCC1)C(Cl)Cl. The molecule has 1 aliphatic rings.